The van der Waals surface area contributed by atoms with E-state index < -0.39 is 46.2 Å². The van der Waals surface area contributed by atoms with Crippen LogP contribution in [0.5, 0.6) is 0 Å². The van der Waals surface area contributed by atoms with Gasteiger partial charge in [0.1, 0.15) is 18.4 Å². The lowest BCUT2D eigenvalue weighted by Gasteiger charge is -2.19. The molecule has 3 atom stereocenters. The number of benzene rings is 2. The van der Waals surface area contributed by atoms with Crippen molar-refractivity contribution in [3.8, 4) is 11.1 Å². The van der Waals surface area contributed by atoms with Gasteiger partial charge in [-0.15, -0.1) is 0 Å². The Morgan fingerprint density at radius 2 is 1.85 bits per heavy atom. The molecule has 0 radical (unpaired) electrons. The van der Waals surface area contributed by atoms with E-state index >= 15 is 0 Å². The number of nitrogens with one attached hydrogen (secondary N) is 2. The molecule has 4 aromatic rings. The third kappa shape index (κ3) is 5.39. The quantitative estimate of drug-likeness (QED) is 0.143. The summed E-state index contributed by atoms with van der Waals surface area (Å²) in [5.74, 6) is 0.145. The minimum absolute atomic E-state index is 0.0236. The highest BCUT2D eigenvalue weighted by Crippen LogP contribution is 2.46. The van der Waals surface area contributed by atoms with Crippen LogP contribution in [0.2, 0.25) is 0 Å². The Kier molecular flexibility index (Phi) is 6.74. The molecule has 1 aliphatic heterocycles. The predicted molar refractivity (Wildman–Crippen MR) is 140 cm³/mol. The number of rotatable bonds is 8. The van der Waals surface area contributed by atoms with Gasteiger partial charge in [-0.3, -0.25) is 18.4 Å². The smallest absolute Gasteiger partial charge is 0.349 e. The van der Waals surface area contributed by atoms with Crippen molar-refractivity contribution in [3.05, 3.63) is 70.3 Å². The maximum absolute atomic E-state index is 12.5. The second kappa shape index (κ2) is 10.00. The summed E-state index contributed by atoms with van der Waals surface area (Å²) in [7, 11) is -9.94. The Morgan fingerprint density at radius 1 is 1.07 bits per heavy atom. The number of ether oxygens (including phenoxy) is 1. The molecule has 1 fully saturated rings. The zero-order chi connectivity index (χ0) is 28.2. The molecule has 6 N–H and O–H groups in total. The van der Waals surface area contributed by atoms with Crippen molar-refractivity contribution in [1.82, 2.24) is 19.5 Å². The van der Waals surface area contributed by atoms with Crippen LogP contribution in [0.3, 0.4) is 0 Å². The first kappa shape index (κ1) is 27.0. The van der Waals surface area contributed by atoms with E-state index in [9.17, 15) is 23.7 Å². The maximum Gasteiger partial charge on any atom is 0.469 e. The number of nitrogens with zero attached hydrogens (tertiary/aromatic N) is 3. The molecule has 1 aliphatic carbocycles. The number of H-pyrrole nitrogens is 1. The first-order chi connectivity index (χ1) is 18.9. The van der Waals surface area contributed by atoms with E-state index in [0.29, 0.717) is 5.69 Å². The SMILES string of the molecule is O=c1[nH]cnc2c1nc(Nc1ccc3c(c1)Cc1ccccc1-3)n2C1CC(OP(=O)(O)O)C(COP(=O)(O)O)O1. The third-order valence-corrected chi connectivity index (χ3v) is 7.71. The van der Waals surface area contributed by atoms with Gasteiger partial charge < -0.3 is 34.6 Å². The molecule has 2 aromatic heterocycles. The zero-order valence-electron chi connectivity index (χ0n) is 20.4. The Morgan fingerprint density at radius 3 is 2.62 bits per heavy atom. The fourth-order valence-corrected chi connectivity index (χ4v) is 6.02. The second-order valence-electron chi connectivity index (χ2n) is 9.33. The van der Waals surface area contributed by atoms with Crippen molar-refractivity contribution in [3.63, 3.8) is 0 Å². The van der Waals surface area contributed by atoms with E-state index in [4.69, 9.17) is 19.0 Å². The normalized spacial score (nSPS) is 20.6. The molecule has 3 heterocycles. The second-order valence-corrected chi connectivity index (χ2v) is 11.8. The summed E-state index contributed by atoms with van der Waals surface area (Å²) in [4.78, 5) is 60.6. The molecule has 3 unspecified atom stereocenters. The summed E-state index contributed by atoms with van der Waals surface area (Å²) >= 11 is 0. The van der Waals surface area contributed by atoms with Gasteiger partial charge in [0.2, 0.25) is 5.95 Å². The number of fused-ring (bicyclic) bond motifs is 4. The predicted octanol–water partition coefficient (Wildman–Crippen LogP) is 2.31. The van der Waals surface area contributed by atoms with Crippen LogP contribution < -0.4 is 10.9 Å². The van der Waals surface area contributed by atoms with Crippen molar-refractivity contribution in [2.45, 2.75) is 31.3 Å². The molecule has 2 aromatic carbocycles. The number of phosphoric acid groups is 2. The summed E-state index contributed by atoms with van der Waals surface area (Å²) in [6.07, 6.45) is -1.92. The minimum Gasteiger partial charge on any atom is -0.349 e. The monoisotopic (exact) mass is 591 g/mol. The van der Waals surface area contributed by atoms with Crippen LogP contribution >= 0.6 is 15.6 Å². The van der Waals surface area contributed by atoms with Crippen molar-refractivity contribution in [2.75, 3.05) is 11.9 Å². The Labute approximate surface area is 225 Å². The highest BCUT2D eigenvalue weighted by molar-refractivity contribution is 7.46. The summed E-state index contributed by atoms with van der Waals surface area (Å²) < 4.78 is 39.6. The molecule has 6 rings (SSSR count). The van der Waals surface area contributed by atoms with Gasteiger partial charge in [0, 0.05) is 12.1 Å². The van der Waals surface area contributed by atoms with Gasteiger partial charge in [-0.2, -0.15) is 0 Å². The van der Waals surface area contributed by atoms with E-state index in [1.807, 2.05) is 30.3 Å². The van der Waals surface area contributed by atoms with E-state index in [1.165, 1.54) is 16.5 Å². The van der Waals surface area contributed by atoms with Crippen LogP contribution in [0.4, 0.5) is 11.6 Å². The van der Waals surface area contributed by atoms with Gasteiger partial charge in [-0.1, -0.05) is 30.3 Å². The summed E-state index contributed by atoms with van der Waals surface area (Å²) in [6, 6.07) is 13.9. The number of aromatic amines is 1. The fraction of sp³-hybridized carbons (Fsp3) is 0.261. The molecule has 0 amide bonds. The average Bonchev–Trinajstić information content (AvgIpc) is 3.54. The Balaban J connectivity index is 1.36. The highest BCUT2D eigenvalue weighted by atomic mass is 31.2. The van der Waals surface area contributed by atoms with Crippen LogP contribution in [0, 0.1) is 0 Å². The van der Waals surface area contributed by atoms with Gasteiger partial charge in [0.05, 0.1) is 12.9 Å². The van der Waals surface area contributed by atoms with Crippen molar-refractivity contribution >= 4 is 38.4 Å². The Bertz CT molecular complexity index is 1760. The van der Waals surface area contributed by atoms with Crippen LogP contribution in [0.15, 0.2) is 53.6 Å². The van der Waals surface area contributed by atoms with Gasteiger partial charge in [0.25, 0.3) is 5.56 Å². The summed E-state index contributed by atoms with van der Waals surface area (Å²) in [6.45, 7) is -0.722. The van der Waals surface area contributed by atoms with Crippen molar-refractivity contribution < 1.29 is 42.5 Å². The van der Waals surface area contributed by atoms with Crippen LogP contribution in [0.1, 0.15) is 23.8 Å². The number of anilines is 2. The van der Waals surface area contributed by atoms with Crippen LogP contribution in [-0.2, 0) is 29.3 Å². The zero-order valence-corrected chi connectivity index (χ0v) is 22.2. The van der Waals surface area contributed by atoms with Gasteiger partial charge in [-0.25, -0.2) is 19.1 Å². The summed E-state index contributed by atoms with van der Waals surface area (Å²) in [5.41, 5.74) is 4.77. The van der Waals surface area contributed by atoms with Crippen molar-refractivity contribution in [2.24, 2.45) is 0 Å². The lowest BCUT2D eigenvalue weighted by atomic mass is 10.1. The van der Waals surface area contributed by atoms with E-state index in [2.05, 4.69) is 36.9 Å². The number of phosphoric ester groups is 2. The van der Waals surface area contributed by atoms with Crippen molar-refractivity contribution in [1.29, 1.82) is 0 Å². The molecule has 17 heteroatoms. The standard InChI is InChI=1S/C23H23N5O10P2/c29-22-20-21(24-11-25-22)28(19-9-17(38-40(33,34)35)18(37-19)10-36-39(30,31)32)23(27-20)26-14-5-6-16-13(8-14)7-12-3-1-2-4-15(12)16/h1-6,8,11,17-19H,7,9-10H2,(H,26,27)(H,24,25,29)(H2,30,31,32)(H2,33,34,35). The number of hydrogen-bond acceptors (Lipinski definition) is 9. The van der Waals surface area contributed by atoms with E-state index in [1.54, 1.807) is 0 Å². The lowest BCUT2D eigenvalue weighted by Crippen LogP contribution is -2.28. The number of hydrogen-bond donors (Lipinski definition) is 6. The largest absolute Gasteiger partial charge is 0.469 e. The molecule has 2 aliphatic rings. The number of imidazole rings is 1. The van der Waals surface area contributed by atoms with Gasteiger partial charge in [0.15, 0.2) is 11.2 Å². The van der Waals surface area contributed by atoms with Gasteiger partial charge >= 0.3 is 15.6 Å². The third-order valence-electron chi connectivity index (χ3n) is 6.68. The average molecular weight is 591 g/mol. The molecule has 15 nitrogen and oxygen atoms in total. The summed E-state index contributed by atoms with van der Waals surface area (Å²) in [5, 5.41) is 3.19. The molecular formula is C23H23N5O10P2. The molecule has 210 valence electrons. The van der Waals surface area contributed by atoms with E-state index in [0.717, 1.165) is 23.1 Å². The van der Waals surface area contributed by atoms with E-state index in [-0.39, 0.29) is 23.5 Å². The molecule has 1 saturated heterocycles. The molecule has 0 saturated carbocycles. The molecule has 0 spiro atoms. The highest BCUT2D eigenvalue weighted by Gasteiger charge is 2.43. The van der Waals surface area contributed by atoms with Crippen LogP contribution in [0.25, 0.3) is 22.3 Å². The Hall–Kier alpha value is -3.23. The topological polar surface area (TPSA) is 218 Å². The first-order valence-corrected chi connectivity index (χ1v) is 15.0. The van der Waals surface area contributed by atoms with Gasteiger partial charge in [-0.05, 0) is 40.8 Å². The maximum atomic E-state index is 12.5. The first-order valence-electron chi connectivity index (χ1n) is 12.0. The molecule has 0 bridgehead atoms. The lowest BCUT2D eigenvalue weighted by molar-refractivity contribution is -0.0411. The van der Waals surface area contributed by atoms with Crippen LogP contribution in [-0.4, -0.2) is 57.9 Å². The fourth-order valence-electron chi connectivity index (χ4n) is 5.10. The minimum atomic E-state index is -5.02. The number of aromatic nitrogens is 4. The molecule has 40 heavy (non-hydrogen) atoms. The molecular weight excluding hydrogens is 568 g/mol.